The summed E-state index contributed by atoms with van der Waals surface area (Å²) >= 11 is 0. The van der Waals surface area contributed by atoms with Crippen molar-refractivity contribution in [2.45, 2.75) is 32.6 Å². The lowest BCUT2D eigenvalue weighted by molar-refractivity contribution is 0.0558. The molecule has 1 aromatic rings. The third-order valence-corrected chi connectivity index (χ3v) is 4.92. The van der Waals surface area contributed by atoms with E-state index in [4.69, 9.17) is 0 Å². The van der Waals surface area contributed by atoms with Crippen molar-refractivity contribution in [3.05, 3.63) is 35.9 Å². The smallest absolute Gasteiger partial charge is 0.0490 e. The van der Waals surface area contributed by atoms with Crippen LogP contribution in [0.3, 0.4) is 0 Å². The van der Waals surface area contributed by atoms with Crippen LogP contribution in [0.1, 0.15) is 31.7 Å². The minimum Gasteiger partial charge on any atom is -0.396 e. The predicted molar refractivity (Wildman–Crippen MR) is 69.7 cm³/mol. The molecule has 1 nitrogen and oxygen atoms in total. The second-order valence-corrected chi connectivity index (χ2v) is 6.37. The van der Waals surface area contributed by atoms with Crippen LogP contribution in [0.2, 0.25) is 0 Å². The van der Waals surface area contributed by atoms with Crippen molar-refractivity contribution < 1.29 is 5.11 Å². The van der Waals surface area contributed by atoms with E-state index in [0.717, 1.165) is 24.2 Å². The summed E-state index contributed by atoms with van der Waals surface area (Å²) in [4.78, 5) is 0. The Morgan fingerprint density at radius 1 is 1.24 bits per heavy atom. The molecule has 4 atom stereocenters. The number of benzene rings is 1. The minimum absolute atomic E-state index is 0.165. The number of hydrogen-bond donors (Lipinski definition) is 1. The molecular formula is C16H22O. The van der Waals surface area contributed by atoms with Crippen LogP contribution in [0.4, 0.5) is 0 Å². The molecule has 1 heteroatoms. The van der Waals surface area contributed by atoms with E-state index in [9.17, 15) is 5.11 Å². The Morgan fingerprint density at radius 2 is 2.00 bits per heavy atom. The van der Waals surface area contributed by atoms with Crippen LogP contribution in [0.5, 0.6) is 0 Å². The third-order valence-electron chi connectivity index (χ3n) is 4.92. The number of aliphatic hydroxyl groups excluding tert-OH is 1. The molecule has 2 aliphatic carbocycles. The molecule has 2 fully saturated rings. The van der Waals surface area contributed by atoms with E-state index in [-0.39, 0.29) is 5.41 Å². The first-order valence-corrected chi connectivity index (χ1v) is 6.87. The zero-order valence-electron chi connectivity index (χ0n) is 10.6. The Hall–Kier alpha value is -0.820. The van der Waals surface area contributed by atoms with Crippen molar-refractivity contribution in [3.63, 3.8) is 0 Å². The van der Waals surface area contributed by atoms with Gasteiger partial charge in [-0.05, 0) is 54.4 Å². The highest BCUT2D eigenvalue weighted by molar-refractivity contribution is 5.18. The van der Waals surface area contributed by atoms with Gasteiger partial charge in [0.1, 0.15) is 0 Å². The van der Waals surface area contributed by atoms with E-state index >= 15 is 0 Å². The highest BCUT2D eigenvalue weighted by Crippen LogP contribution is 2.59. The van der Waals surface area contributed by atoms with Gasteiger partial charge in [-0.3, -0.25) is 0 Å². The number of fused-ring (bicyclic) bond motifs is 1. The topological polar surface area (TPSA) is 20.2 Å². The van der Waals surface area contributed by atoms with Gasteiger partial charge in [-0.15, -0.1) is 0 Å². The zero-order valence-corrected chi connectivity index (χ0v) is 10.6. The van der Waals surface area contributed by atoms with Gasteiger partial charge in [-0.1, -0.05) is 37.3 Å². The summed E-state index contributed by atoms with van der Waals surface area (Å²) in [5.41, 5.74) is 1.55. The van der Waals surface area contributed by atoms with Gasteiger partial charge in [0.15, 0.2) is 0 Å². The van der Waals surface area contributed by atoms with Crippen molar-refractivity contribution in [2.75, 3.05) is 6.61 Å². The van der Waals surface area contributed by atoms with Crippen molar-refractivity contribution in [1.82, 2.24) is 0 Å². The molecule has 0 aliphatic heterocycles. The van der Waals surface area contributed by atoms with Gasteiger partial charge in [-0.2, -0.15) is 0 Å². The van der Waals surface area contributed by atoms with Gasteiger partial charge >= 0.3 is 0 Å². The van der Waals surface area contributed by atoms with Crippen LogP contribution >= 0.6 is 0 Å². The fourth-order valence-electron chi connectivity index (χ4n) is 4.03. The highest BCUT2D eigenvalue weighted by atomic mass is 16.3. The first-order valence-electron chi connectivity index (χ1n) is 6.87. The monoisotopic (exact) mass is 230 g/mol. The maximum absolute atomic E-state index is 9.86. The quantitative estimate of drug-likeness (QED) is 0.845. The van der Waals surface area contributed by atoms with Crippen LogP contribution in [0.15, 0.2) is 30.3 Å². The molecule has 1 N–H and O–H groups in total. The summed E-state index contributed by atoms with van der Waals surface area (Å²) < 4.78 is 0. The Morgan fingerprint density at radius 3 is 2.65 bits per heavy atom. The Kier molecular flexibility index (Phi) is 2.74. The third kappa shape index (κ3) is 2.13. The standard InChI is InChI=1S/C16H22O/c1-12-8-16(11-17,10-14-7-15(12)14)9-13-5-3-2-4-6-13/h2-6,12,14-15,17H,7-11H2,1H3/t12-,14-,15+,16+/m1/s1. The SMILES string of the molecule is C[C@@H]1C[C@](CO)(Cc2ccccc2)C[C@H]2C[C@H]21. The fourth-order valence-corrected chi connectivity index (χ4v) is 4.03. The molecule has 1 aromatic carbocycles. The first-order chi connectivity index (χ1) is 8.22. The average Bonchev–Trinajstić information content (AvgIpc) is 3.10. The predicted octanol–water partition coefficient (Wildman–Crippen LogP) is 3.27. The van der Waals surface area contributed by atoms with E-state index in [1.807, 2.05) is 0 Å². The molecule has 0 heterocycles. The van der Waals surface area contributed by atoms with Gasteiger partial charge in [-0.25, -0.2) is 0 Å². The number of aliphatic hydroxyl groups is 1. The molecule has 0 aromatic heterocycles. The second-order valence-electron chi connectivity index (χ2n) is 6.37. The van der Waals surface area contributed by atoms with Crippen LogP contribution in [0, 0.1) is 23.2 Å². The van der Waals surface area contributed by atoms with Gasteiger partial charge in [0.25, 0.3) is 0 Å². The summed E-state index contributed by atoms with van der Waals surface area (Å²) in [7, 11) is 0. The van der Waals surface area contributed by atoms with Crippen LogP contribution in [0.25, 0.3) is 0 Å². The van der Waals surface area contributed by atoms with Crippen LogP contribution in [-0.4, -0.2) is 11.7 Å². The van der Waals surface area contributed by atoms with E-state index in [1.54, 1.807) is 0 Å². The first kappa shape index (κ1) is 11.3. The maximum atomic E-state index is 9.86. The molecule has 0 bridgehead atoms. The van der Waals surface area contributed by atoms with Gasteiger partial charge in [0.2, 0.25) is 0 Å². The maximum Gasteiger partial charge on any atom is 0.0490 e. The van der Waals surface area contributed by atoms with Gasteiger partial charge < -0.3 is 5.11 Å². The largest absolute Gasteiger partial charge is 0.396 e. The molecule has 3 rings (SSSR count). The van der Waals surface area contributed by atoms with E-state index in [1.165, 1.54) is 24.8 Å². The normalized spacial score (nSPS) is 39.8. The van der Waals surface area contributed by atoms with E-state index in [0.29, 0.717) is 6.61 Å². The Bertz CT molecular complexity index is 386. The lowest BCUT2D eigenvalue weighted by Crippen LogP contribution is -2.34. The molecule has 17 heavy (non-hydrogen) atoms. The summed E-state index contributed by atoms with van der Waals surface area (Å²) in [5.74, 6) is 2.70. The molecule has 2 aliphatic rings. The molecule has 0 amide bonds. The van der Waals surface area contributed by atoms with E-state index in [2.05, 4.69) is 37.3 Å². The molecule has 0 unspecified atom stereocenters. The fraction of sp³-hybridized carbons (Fsp3) is 0.625. The summed E-state index contributed by atoms with van der Waals surface area (Å²) in [6.07, 6.45) is 4.92. The number of rotatable bonds is 3. The molecule has 0 spiro atoms. The lowest BCUT2D eigenvalue weighted by Gasteiger charge is -2.38. The Balaban J connectivity index is 1.78. The molecular weight excluding hydrogens is 208 g/mol. The highest BCUT2D eigenvalue weighted by Gasteiger charge is 2.51. The number of hydrogen-bond acceptors (Lipinski definition) is 1. The second kappa shape index (κ2) is 4.13. The van der Waals surface area contributed by atoms with Gasteiger partial charge in [0.05, 0.1) is 0 Å². The van der Waals surface area contributed by atoms with Crippen molar-refractivity contribution in [2.24, 2.45) is 23.2 Å². The Labute approximate surface area is 104 Å². The molecule has 0 saturated heterocycles. The molecule has 92 valence electrons. The minimum atomic E-state index is 0.165. The van der Waals surface area contributed by atoms with E-state index < -0.39 is 0 Å². The average molecular weight is 230 g/mol. The van der Waals surface area contributed by atoms with Crippen molar-refractivity contribution >= 4 is 0 Å². The van der Waals surface area contributed by atoms with Crippen molar-refractivity contribution in [1.29, 1.82) is 0 Å². The van der Waals surface area contributed by atoms with Gasteiger partial charge in [0, 0.05) is 6.61 Å². The summed E-state index contributed by atoms with van der Waals surface area (Å²) in [5, 5.41) is 9.86. The van der Waals surface area contributed by atoms with Crippen LogP contribution in [-0.2, 0) is 6.42 Å². The summed E-state index contributed by atoms with van der Waals surface area (Å²) in [6, 6.07) is 10.7. The van der Waals surface area contributed by atoms with Crippen LogP contribution < -0.4 is 0 Å². The molecule has 2 saturated carbocycles. The molecule has 0 radical (unpaired) electrons. The lowest BCUT2D eigenvalue weighted by atomic mass is 9.67. The summed E-state index contributed by atoms with van der Waals surface area (Å²) in [6.45, 7) is 2.73. The zero-order chi connectivity index (χ0) is 11.9. The van der Waals surface area contributed by atoms with Crippen molar-refractivity contribution in [3.8, 4) is 0 Å².